The number of benzene rings is 1. The van der Waals surface area contributed by atoms with Gasteiger partial charge in [0.1, 0.15) is 5.76 Å². The zero-order valence-corrected chi connectivity index (χ0v) is 9.21. The fourth-order valence-electron chi connectivity index (χ4n) is 1.95. The highest BCUT2D eigenvalue weighted by atomic mass is 16.3. The van der Waals surface area contributed by atoms with Gasteiger partial charge in [0.15, 0.2) is 0 Å². The van der Waals surface area contributed by atoms with Crippen LogP contribution in [0.15, 0.2) is 47.3 Å². The maximum atomic E-state index is 8.94. The second-order valence-corrected chi connectivity index (χ2v) is 3.84. The van der Waals surface area contributed by atoms with Crippen LogP contribution in [-0.4, -0.2) is 21.3 Å². The predicted octanol–water partition coefficient (Wildman–Crippen LogP) is 2.29. The highest BCUT2D eigenvalue weighted by Crippen LogP contribution is 2.24. The average Bonchev–Trinajstić information content (AvgIpc) is 2.98. The molecule has 0 radical (unpaired) electrons. The fraction of sp³-hybridized carbons (Fsp3) is 0.154. The van der Waals surface area contributed by atoms with Crippen LogP contribution in [0.1, 0.15) is 0 Å². The molecule has 1 N–H and O–H groups in total. The first-order valence-electron chi connectivity index (χ1n) is 5.48. The first kappa shape index (κ1) is 10.1. The van der Waals surface area contributed by atoms with Crippen LogP contribution < -0.4 is 0 Å². The minimum atomic E-state index is 0.116. The number of aliphatic hydroxyl groups is 1. The lowest BCUT2D eigenvalue weighted by Crippen LogP contribution is -1.99. The summed E-state index contributed by atoms with van der Waals surface area (Å²) >= 11 is 0. The summed E-state index contributed by atoms with van der Waals surface area (Å²) in [5.74, 6) is 0.837. The molecule has 0 unspecified atom stereocenters. The van der Waals surface area contributed by atoms with Crippen molar-refractivity contribution in [2.24, 2.45) is 0 Å². The molecular formula is C13H12N2O2. The number of hydrogen-bond acceptors (Lipinski definition) is 3. The highest BCUT2D eigenvalue weighted by molar-refractivity contribution is 5.80. The summed E-state index contributed by atoms with van der Waals surface area (Å²) in [6.45, 7) is 0.683. The van der Waals surface area contributed by atoms with Crippen LogP contribution >= 0.6 is 0 Å². The fourth-order valence-corrected chi connectivity index (χ4v) is 1.95. The monoisotopic (exact) mass is 228 g/mol. The van der Waals surface area contributed by atoms with Crippen LogP contribution in [0.4, 0.5) is 0 Å². The third-order valence-corrected chi connectivity index (χ3v) is 2.77. The van der Waals surface area contributed by atoms with E-state index < -0.39 is 0 Å². The number of furan rings is 1. The summed E-state index contributed by atoms with van der Waals surface area (Å²) in [5.41, 5.74) is 2.94. The van der Waals surface area contributed by atoms with Crippen molar-refractivity contribution in [3.8, 4) is 11.3 Å². The number of rotatable bonds is 3. The van der Waals surface area contributed by atoms with E-state index in [2.05, 4.69) is 4.98 Å². The van der Waals surface area contributed by atoms with Crippen molar-refractivity contribution >= 4 is 11.0 Å². The van der Waals surface area contributed by atoms with Crippen molar-refractivity contribution in [3.05, 3.63) is 42.9 Å². The van der Waals surface area contributed by atoms with Crippen LogP contribution in [0.3, 0.4) is 0 Å². The normalized spacial score (nSPS) is 11.1. The minimum absolute atomic E-state index is 0.116. The van der Waals surface area contributed by atoms with Crippen LogP contribution in [0.5, 0.6) is 0 Å². The Morgan fingerprint density at radius 2 is 2.24 bits per heavy atom. The molecule has 2 aromatic heterocycles. The van der Waals surface area contributed by atoms with Gasteiger partial charge in [-0.2, -0.15) is 0 Å². The Labute approximate surface area is 98.1 Å². The van der Waals surface area contributed by atoms with Crippen LogP contribution in [-0.2, 0) is 6.54 Å². The molecule has 0 aliphatic carbocycles. The molecule has 4 heteroatoms. The standard InChI is InChI=1S/C13H12N2O2/c16-6-5-15-9-14-11-8-10(3-4-12(11)15)13-2-1-7-17-13/h1-4,7-9,16H,5-6H2. The Balaban J connectivity index is 2.09. The van der Waals surface area contributed by atoms with E-state index in [1.54, 1.807) is 12.6 Å². The second kappa shape index (κ2) is 4.07. The zero-order valence-electron chi connectivity index (χ0n) is 9.21. The molecule has 0 aliphatic rings. The molecule has 0 spiro atoms. The van der Waals surface area contributed by atoms with Gasteiger partial charge < -0.3 is 14.1 Å². The van der Waals surface area contributed by atoms with Gasteiger partial charge in [-0.05, 0) is 30.3 Å². The number of aliphatic hydroxyl groups excluding tert-OH is 1. The number of nitrogens with zero attached hydrogens (tertiary/aromatic N) is 2. The van der Waals surface area contributed by atoms with Gasteiger partial charge in [-0.25, -0.2) is 4.98 Å². The van der Waals surface area contributed by atoms with E-state index in [0.29, 0.717) is 6.54 Å². The minimum Gasteiger partial charge on any atom is -0.464 e. The molecule has 3 aromatic rings. The third kappa shape index (κ3) is 1.72. The molecule has 86 valence electrons. The largest absolute Gasteiger partial charge is 0.464 e. The first-order valence-corrected chi connectivity index (χ1v) is 5.48. The van der Waals surface area contributed by atoms with Crippen molar-refractivity contribution in [2.45, 2.75) is 6.54 Å². The lowest BCUT2D eigenvalue weighted by molar-refractivity contribution is 0.278. The predicted molar refractivity (Wildman–Crippen MR) is 64.5 cm³/mol. The van der Waals surface area contributed by atoms with Gasteiger partial charge in [0, 0.05) is 12.1 Å². The van der Waals surface area contributed by atoms with Crippen molar-refractivity contribution in [1.29, 1.82) is 0 Å². The van der Waals surface area contributed by atoms with Crippen molar-refractivity contribution in [2.75, 3.05) is 6.61 Å². The van der Waals surface area contributed by atoms with E-state index in [1.807, 2.05) is 34.9 Å². The smallest absolute Gasteiger partial charge is 0.133 e. The van der Waals surface area contributed by atoms with E-state index >= 15 is 0 Å². The van der Waals surface area contributed by atoms with Crippen LogP contribution in [0.2, 0.25) is 0 Å². The van der Waals surface area contributed by atoms with Crippen molar-refractivity contribution < 1.29 is 9.52 Å². The van der Waals surface area contributed by atoms with Gasteiger partial charge in [-0.1, -0.05) is 0 Å². The quantitative estimate of drug-likeness (QED) is 0.748. The topological polar surface area (TPSA) is 51.2 Å². The molecule has 3 rings (SSSR count). The van der Waals surface area contributed by atoms with E-state index in [1.165, 1.54) is 0 Å². The molecule has 17 heavy (non-hydrogen) atoms. The van der Waals surface area contributed by atoms with E-state index in [9.17, 15) is 0 Å². The maximum absolute atomic E-state index is 8.94. The Bertz CT molecular complexity index is 626. The molecule has 0 amide bonds. The number of aromatic nitrogens is 2. The molecule has 0 saturated heterocycles. The molecule has 0 bridgehead atoms. The Morgan fingerprint density at radius 1 is 1.29 bits per heavy atom. The van der Waals surface area contributed by atoms with Gasteiger partial charge in [0.2, 0.25) is 0 Å². The van der Waals surface area contributed by atoms with Gasteiger partial charge in [0.05, 0.1) is 30.2 Å². The summed E-state index contributed by atoms with van der Waals surface area (Å²) in [6.07, 6.45) is 3.40. The SMILES string of the molecule is OCCn1cnc2cc(-c3ccco3)ccc21. The maximum Gasteiger partial charge on any atom is 0.133 e. The first-order chi connectivity index (χ1) is 8.38. The third-order valence-electron chi connectivity index (χ3n) is 2.77. The summed E-state index contributed by atoms with van der Waals surface area (Å²) in [6, 6.07) is 9.77. The summed E-state index contributed by atoms with van der Waals surface area (Å²) in [7, 11) is 0. The summed E-state index contributed by atoms with van der Waals surface area (Å²) < 4.78 is 7.28. The summed E-state index contributed by atoms with van der Waals surface area (Å²) in [5, 5.41) is 8.94. The lowest BCUT2D eigenvalue weighted by Gasteiger charge is -2.01. The van der Waals surface area contributed by atoms with E-state index in [-0.39, 0.29) is 6.61 Å². The lowest BCUT2D eigenvalue weighted by atomic mass is 10.1. The Kier molecular flexibility index (Phi) is 2.42. The van der Waals surface area contributed by atoms with Gasteiger partial charge in [-0.3, -0.25) is 0 Å². The molecule has 4 nitrogen and oxygen atoms in total. The van der Waals surface area contributed by atoms with Crippen LogP contribution in [0.25, 0.3) is 22.4 Å². The van der Waals surface area contributed by atoms with Gasteiger partial charge in [-0.15, -0.1) is 0 Å². The number of fused-ring (bicyclic) bond motifs is 1. The molecule has 1 aromatic carbocycles. The van der Waals surface area contributed by atoms with E-state index in [0.717, 1.165) is 22.4 Å². The number of imidazole rings is 1. The van der Waals surface area contributed by atoms with Gasteiger partial charge in [0.25, 0.3) is 0 Å². The zero-order chi connectivity index (χ0) is 11.7. The van der Waals surface area contributed by atoms with Gasteiger partial charge >= 0.3 is 0 Å². The van der Waals surface area contributed by atoms with Crippen molar-refractivity contribution in [1.82, 2.24) is 9.55 Å². The molecule has 0 fully saturated rings. The van der Waals surface area contributed by atoms with E-state index in [4.69, 9.17) is 9.52 Å². The Morgan fingerprint density at radius 3 is 3.00 bits per heavy atom. The molecular weight excluding hydrogens is 216 g/mol. The molecule has 0 aliphatic heterocycles. The highest BCUT2D eigenvalue weighted by Gasteiger charge is 2.05. The molecule has 0 saturated carbocycles. The van der Waals surface area contributed by atoms with Crippen molar-refractivity contribution in [3.63, 3.8) is 0 Å². The average molecular weight is 228 g/mol. The summed E-state index contributed by atoms with van der Waals surface area (Å²) in [4.78, 5) is 4.32. The Hall–Kier alpha value is -2.07. The second-order valence-electron chi connectivity index (χ2n) is 3.84. The molecule has 0 atom stereocenters. The van der Waals surface area contributed by atoms with Crippen LogP contribution in [0, 0.1) is 0 Å². The number of hydrogen-bond donors (Lipinski definition) is 1. The molecule has 2 heterocycles.